The quantitative estimate of drug-likeness (QED) is 0.831. The highest BCUT2D eigenvalue weighted by Crippen LogP contribution is 2.31. The third-order valence-electron chi connectivity index (χ3n) is 3.53. The molecule has 0 atom stereocenters. The van der Waals surface area contributed by atoms with Crippen molar-refractivity contribution < 1.29 is 4.74 Å². The van der Waals surface area contributed by atoms with E-state index in [9.17, 15) is 0 Å². The van der Waals surface area contributed by atoms with E-state index in [1.165, 1.54) is 10.3 Å². The minimum absolute atomic E-state index is 0.335. The molecule has 0 unspecified atom stereocenters. The highest BCUT2D eigenvalue weighted by Gasteiger charge is 2.19. The topological polar surface area (TPSA) is 25.4 Å². The van der Waals surface area contributed by atoms with Crippen LogP contribution in [0.4, 0.5) is 0 Å². The van der Waals surface area contributed by atoms with Crippen molar-refractivity contribution in [1.29, 1.82) is 0 Å². The summed E-state index contributed by atoms with van der Waals surface area (Å²) in [5.41, 5.74) is 2.31. The molecule has 1 aromatic heterocycles. The smallest absolute Gasteiger partial charge is 0.274 e. The van der Waals surface area contributed by atoms with E-state index in [1.807, 2.05) is 0 Å². The first-order valence-corrected chi connectivity index (χ1v) is 7.25. The molecule has 3 nitrogen and oxygen atoms in total. The highest BCUT2D eigenvalue weighted by molar-refractivity contribution is 7.20. The molecule has 1 aliphatic rings. The molecule has 1 aromatic carbocycles. The number of likely N-dealkylation sites (tertiary alicyclic amines) is 1. The van der Waals surface area contributed by atoms with Crippen LogP contribution < -0.4 is 4.74 Å². The number of fused-ring (bicyclic) bond motifs is 1. The molecular weight excluding hydrogens is 244 g/mol. The molecule has 0 aliphatic carbocycles. The molecule has 1 aliphatic heterocycles. The van der Waals surface area contributed by atoms with Crippen LogP contribution in [0, 0.1) is 6.92 Å². The standard InChI is InChI=1S/C14H18N2OS/c1-10-4-3-5-12-13(10)15-14(18-12)17-11-6-8-16(2)9-7-11/h3-5,11H,6-9H2,1-2H3. The number of thiazole rings is 1. The fourth-order valence-electron chi connectivity index (χ4n) is 2.36. The largest absolute Gasteiger partial charge is 0.467 e. The van der Waals surface area contributed by atoms with Crippen LogP contribution in [0.3, 0.4) is 0 Å². The van der Waals surface area contributed by atoms with E-state index in [0.29, 0.717) is 6.10 Å². The Hall–Kier alpha value is -1.13. The van der Waals surface area contributed by atoms with Crippen molar-refractivity contribution in [3.05, 3.63) is 23.8 Å². The van der Waals surface area contributed by atoms with Gasteiger partial charge in [-0.2, -0.15) is 0 Å². The lowest BCUT2D eigenvalue weighted by Gasteiger charge is -2.28. The van der Waals surface area contributed by atoms with Crippen molar-refractivity contribution >= 4 is 21.6 Å². The Kier molecular flexibility index (Phi) is 3.22. The zero-order chi connectivity index (χ0) is 12.5. The van der Waals surface area contributed by atoms with Crippen LogP contribution in [0.1, 0.15) is 18.4 Å². The van der Waals surface area contributed by atoms with E-state index < -0.39 is 0 Å². The molecule has 18 heavy (non-hydrogen) atoms. The Morgan fingerprint density at radius 1 is 1.33 bits per heavy atom. The van der Waals surface area contributed by atoms with E-state index in [-0.39, 0.29) is 0 Å². The minimum atomic E-state index is 0.335. The number of aryl methyl sites for hydroxylation is 1. The number of benzene rings is 1. The predicted octanol–water partition coefficient (Wildman–Crippen LogP) is 3.08. The molecule has 0 spiro atoms. The summed E-state index contributed by atoms with van der Waals surface area (Å²) in [6, 6.07) is 6.29. The zero-order valence-electron chi connectivity index (χ0n) is 10.8. The van der Waals surface area contributed by atoms with Crippen molar-refractivity contribution in [2.75, 3.05) is 20.1 Å². The summed E-state index contributed by atoms with van der Waals surface area (Å²) in [6.07, 6.45) is 2.54. The van der Waals surface area contributed by atoms with Crippen LogP contribution in [-0.4, -0.2) is 36.1 Å². The van der Waals surface area contributed by atoms with E-state index in [4.69, 9.17) is 4.74 Å². The Morgan fingerprint density at radius 2 is 2.11 bits per heavy atom. The average Bonchev–Trinajstić information content (AvgIpc) is 2.76. The Bertz CT molecular complexity index is 544. The molecule has 1 saturated heterocycles. The first kappa shape index (κ1) is 11.9. The number of piperidine rings is 1. The van der Waals surface area contributed by atoms with Crippen LogP contribution in [0.25, 0.3) is 10.2 Å². The molecule has 2 heterocycles. The van der Waals surface area contributed by atoms with Gasteiger partial charge in [0.15, 0.2) is 0 Å². The van der Waals surface area contributed by atoms with Gasteiger partial charge in [-0.05, 0) is 38.4 Å². The van der Waals surface area contributed by atoms with Crippen molar-refractivity contribution in [3.63, 3.8) is 0 Å². The van der Waals surface area contributed by atoms with E-state index >= 15 is 0 Å². The molecule has 3 rings (SSSR count). The average molecular weight is 262 g/mol. The molecule has 0 amide bonds. The molecule has 1 fully saturated rings. The van der Waals surface area contributed by atoms with Gasteiger partial charge in [0.25, 0.3) is 5.19 Å². The first-order valence-electron chi connectivity index (χ1n) is 6.44. The van der Waals surface area contributed by atoms with Crippen LogP contribution in [0.2, 0.25) is 0 Å². The third kappa shape index (κ3) is 2.35. The lowest BCUT2D eigenvalue weighted by Crippen LogP contribution is -2.35. The van der Waals surface area contributed by atoms with Crippen molar-refractivity contribution in [3.8, 4) is 5.19 Å². The van der Waals surface area contributed by atoms with E-state index in [2.05, 4.69) is 42.1 Å². The second-order valence-corrected chi connectivity index (χ2v) is 6.02. The van der Waals surface area contributed by atoms with Crippen molar-refractivity contribution in [2.24, 2.45) is 0 Å². The molecule has 0 radical (unpaired) electrons. The molecule has 4 heteroatoms. The van der Waals surface area contributed by atoms with Crippen molar-refractivity contribution in [1.82, 2.24) is 9.88 Å². The van der Waals surface area contributed by atoms with Gasteiger partial charge < -0.3 is 9.64 Å². The van der Waals surface area contributed by atoms with Crippen LogP contribution in [0.15, 0.2) is 18.2 Å². The summed E-state index contributed by atoms with van der Waals surface area (Å²) in [7, 11) is 2.16. The van der Waals surface area contributed by atoms with Gasteiger partial charge in [0, 0.05) is 13.1 Å². The number of nitrogens with zero attached hydrogens (tertiary/aromatic N) is 2. The van der Waals surface area contributed by atoms with Crippen LogP contribution >= 0.6 is 11.3 Å². The summed E-state index contributed by atoms with van der Waals surface area (Å²) in [5, 5.41) is 0.828. The van der Waals surface area contributed by atoms with Gasteiger partial charge in [0.05, 0.1) is 10.2 Å². The van der Waals surface area contributed by atoms with Gasteiger partial charge in [-0.3, -0.25) is 0 Å². The van der Waals surface area contributed by atoms with Gasteiger partial charge in [0.1, 0.15) is 6.10 Å². The summed E-state index contributed by atoms with van der Waals surface area (Å²) in [4.78, 5) is 6.96. The van der Waals surface area contributed by atoms with E-state index in [0.717, 1.165) is 36.6 Å². The van der Waals surface area contributed by atoms with Gasteiger partial charge in [0.2, 0.25) is 0 Å². The number of para-hydroxylation sites is 1. The number of rotatable bonds is 2. The van der Waals surface area contributed by atoms with Gasteiger partial charge in [-0.15, -0.1) is 0 Å². The van der Waals surface area contributed by atoms with Crippen molar-refractivity contribution in [2.45, 2.75) is 25.9 Å². The number of hydrogen-bond acceptors (Lipinski definition) is 4. The Labute approximate surface area is 111 Å². The fourth-order valence-corrected chi connectivity index (χ4v) is 3.32. The fraction of sp³-hybridized carbons (Fsp3) is 0.500. The molecule has 0 bridgehead atoms. The van der Waals surface area contributed by atoms with Gasteiger partial charge in [-0.1, -0.05) is 23.5 Å². The molecule has 0 saturated carbocycles. The van der Waals surface area contributed by atoms with Crippen LogP contribution in [0.5, 0.6) is 5.19 Å². The Morgan fingerprint density at radius 3 is 2.83 bits per heavy atom. The number of aromatic nitrogens is 1. The second-order valence-electron chi connectivity index (χ2n) is 5.02. The maximum absolute atomic E-state index is 6.02. The highest BCUT2D eigenvalue weighted by atomic mass is 32.1. The lowest BCUT2D eigenvalue weighted by atomic mass is 10.1. The predicted molar refractivity (Wildman–Crippen MR) is 75.5 cm³/mol. The minimum Gasteiger partial charge on any atom is -0.467 e. The SMILES string of the molecule is Cc1cccc2sc(OC3CCN(C)CC3)nc12. The normalized spacial score (nSPS) is 18.3. The molecule has 0 N–H and O–H groups in total. The molecule has 2 aromatic rings. The summed E-state index contributed by atoms with van der Waals surface area (Å²) in [6.45, 7) is 4.34. The number of ether oxygens (including phenoxy) is 1. The maximum atomic E-state index is 6.02. The monoisotopic (exact) mass is 262 g/mol. The van der Waals surface area contributed by atoms with E-state index in [1.54, 1.807) is 11.3 Å². The zero-order valence-corrected chi connectivity index (χ0v) is 11.7. The van der Waals surface area contributed by atoms with Gasteiger partial charge >= 0.3 is 0 Å². The Balaban J connectivity index is 1.77. The first-order chi connectivity index (χ1) is 8.72. The summed E-state index contributed by atoms with van der Waals surface area (Å²) >= 11 is 1.66. The van der Waals surface area contributed by atoms with Crippen LogP contribution in [-0.2, 0) is 0 Å². The third-order valence-corrected chi connectivity index (χ3v) is 4.45. The summed E-state index contributed by atoms with van der Waals surface area (Å²) < 4.78 is 7.24. The summed E-state index contributed by atoms with van der Waals surface area (Å²) in [5.74, 6) is 0. The maximum Gasteiger partial charge on any atom is 0.274 e. The number of hydrogen-bond donors (Lipinski definition) is 0. The lowest BCUT2D eigenvalue weighted by molar-refractivity contribution is 0.114. The molecule has 96 valence electrons. The second kappa shape index (κ2) is 4.86. The van der Waals surface area contributed by atoms with Gasteiger partial charge in [-0.25, -0.2) is 4.98 Å². The molecular formula is C14H18N2OS.